The summed E-state index contributed by atoms with van der Waals surface area (Å²) in [7, 11) is -3.75. The number of carbonyl (C=O) groups excluding carboxylic acids is 1. The molecule has 6 nitrogen and oxygen atoms in total. The molecular weight excluding hydrogens is 381 g/mol. The van der Waals surface area contributed by atoms with Gasteiger partial charge in [-0.3, -0.25) is 9.69 Å². The summed E-state index contributed by atoms with van der Waals surface area (Å²) in [5, 5.41) is 7.89. The predicted molar refractivity (Wildman–Crippen MR) is 106 cm³/mol. The second kappa shape index (κ2) is 8.38. The van der Waals surface area contributed by atoms with E-state index in [2.05, 4.69) is 10.2 Å². The quantitative estimate of drug-likeness (QED) is 0.800. The van der Waals surface area contributed by atoms with Crippen LogP contribution in [0.1, 0.15) is 31.4 Å². The minimum atomic E-state index is -3.75. The van der Waals surface area contributed by atoms with Gasteiger partial charge in [-0.25, -0.2) is 17.9 Å². The highest BCUT2D eigenvalue weighted by Gasteiger charge is 2.28. The topological polar surface area (TPSA) is 92.5 Å². The normalized spacial score (nSPS) is 17.2. The van der Waals surface area contributed by atoms with Crippen LogP contribution in [0.15, 0.2) is 53.4 Å². The minimum absolute atomic E-state index is 0.000869. The molecule has 2 aromatic rings. The van der Waals surface area contributed by atoms with Gasteiger partial charge in [0, 0.05) is 23.2 Å². The van der Waals surface area contributed by atoms with Crippen LogP contribution in [0.3, 0.4) is 0 Å². The van der Waals surface area contributed by atoms with Gasteiger partial charge in [-0.1, -0.05) is 18.2 Å². The summed E-state index contributed by atoms with van der Waals surface area (Å²) in [6.07, 6.45) is 1.36. The van der Waals surface area contributed by atoms with Gasteiger partial charge >= 0.3 is 0 Å². The summed E-state index contributed by atoms with van der Waals surface area (Å²) in [6.45, 7) is 3.39. The molecule has 1 saturated heterocycles. The highest BCUT2D eigenvalue weighted by molar-refractivity contribution is 7.89. The zero-order valence-corrected chi connectivity index (χ0v) is 16.5. The van der Waals surface area contributed by atoms with Gasteiger partial charge in [-0.15, -0.1) is 0 Å². The number of primary sulfonamides is 1. The average Bonchev–Trinajstić information content (AvgIpc) is 2.67. The van der Waals surface area contributed by atoms with Crippen molar-refractivity contribution in [1.29, 1.82) is 0 Å². The van der Waals surface area contributed by atoms with Gasteiger partial charge in [0.2, 0.25) is 15.9 Å². The van der Waals surface area contributed by atoms with E-state index in [-0.39, 0.29) is 28.6 Å². The Morgan fingerprint density at radius 2 is 1.75 bits per heavy atom. The van der Waals surface area contributed by atoms with Crippen LogP contribution < -0.4 is 10.5 Å². The van der Waals surface area contributed by atoms with E-state index in [4.69, 9.17) is 5.14 Å². The van der Waals surface area contributed by atoms with Gasteiger partial charge in [-0.2, -0.15) is 0 Å². The lowest BCUT2D eigenvalue weighted by molar-refractivity contribution is -0.121. The van der Waals surface area contributed by atoms with E-state index >= 15 is 0 Å². The lowest BCUT2D eigenvalue weighted by Crippen LogP contribution is -2.39. The van der Waals surface area contributed by atoms with E-state index in [0.717, 1.165) is 0 Å². The van der Waals surface area contributed by atoms with Crippen molar-refractivity contribution < 1.29 is 17.6 Å². The Bertz CT molecular complexity index is 939. The highest BCUT2D eigenvalue weighted by atomic mass is 32.2. The molecule has 2 aromatic carbocycles. The first-order chi connectivity index (χ1) is 13.3. The number of carbonyl (C=O) groups is 1. The standard InChI is InChI=1S/C20H24FN3O3S/c1-14(18-4-2-3-5-19(18)21)24-12-10-15(11-13-24)20(25)23-16-6-8-17(9-7-16)28(22,26)27/h2-9,14-15H,10-13H2,1H3,(H,23,25)(H2,22,26,27). The van der Waals surface area contributed by atoms with Crippen molar-refractivity contribution in [1.82, 2.24) is 4.90 Å². The molecule has 1 unspecified atom stereocenters. The van der Waals surface area contributed by atoms with Gasteiger partial charge in [-0.05, 0) is 63.2 Å². The number of likely N-dealkylation sites (tertiary alicyclic amines) is 1. The third-order valence-electron chi connectivity index (χ3n) is 5.25. The van der Waals surface area contributed by atoms with Crippen LogP contribution in [0.4, 0.5) is 10.1 Å². The Labute approximate surface area is 164 Å². The fourth-order valence-corrected chi connectivity index (χ4v) is 4.05. The van der Waals surface area contributed by atoms with Crippen LogP contribution >= 0.6 is 0 Å². The molecule has 0 radical (unpaired) electrons. The molecule has 150 valence electrons. The summed E-state index contributed by atoms with van der Waals surface area (Å²) in [5.41, 5.74) is 1.19. The molecule has 0 spiro atoms. The van der Waals surface area contributed by atoms with Crippen molar-refractivity contribution in [2.24, 2.45) is 11.1 Å². The Morgan fingerprint density at radius 1 is 1.14 bits per heavy atom. The average molecular weight is 405 g/mol. The largest absolute Gasteiger partial charge is 0.326 e. The smallest absolute Gasteiger partial charge is 0.238 e. The van der Waals surface area contributed by atoms with Crippen molar-refractivity contribution in [3.63, 3.8) is 0 Å². The van der Waals surface area contributed by atoms with Gasteiger partial charge < -0.3 is 5.32 Å². The number of nitrogens with zero attached hydrogens (tertiary/aromatic N) is 1. The molecule has 28 heavy (non-hydrogen) atoms. The summed E-state index contributed by atoms with van der Waals surface area (Å²) in [4.78, 5) is 14.7. The third kappa shape index (κ3) is 4.76. The second-order valence-corrected chi connectivity index (χ2v) is 8.63. The van der Waals surface area contributed by atoms with E-state index < -0.39 is 10.0 Å². The maximum Gasteiger partial charge on any atom is 0.238 e. The van der Waals surface area contributed by atoms with E-state index in [0.29, 0.717) is 37.2 Å². The Balaban J connectivity index is 1.56. The van der Waals surface area contributed by atoms with Crippen molar-refractivity contribution in [3.8, 4) is 0 Å². The van der Waals surface area contributed by atoms with Gasteiger partial charge in [0.25, 0.3) is 0 Å². The molecule has 3 N–H and O–H groups in total. The Hall–Kier alpha value is -2.29. The fraction of sp³-hybridized carbons (Fsp3) is 0.350. The van der Waals surface area contributed by atoms with Crippen molar-refractivity contribution in [2.75, 3.05) is 18.4 Å². The molecule has 1 fully saturated rings. The number of nitrogens with two attached hydrogens (primary N) is 1. The zero-order chi connectivity index (χ0) is 20.3. The predicted octanol–water partition coefficient (Wildman–Crippen LogP) is 2.88. The summed E-state index contributed by atoms with van der Waals surface area (Å²) in [6, 6.07) is 12.5. The lowest BCUT2D eigenvalue weighted by Gasteiger charge is -2.35. The van der Waals surface area contributed by atoms with Gasteiger partial charge in [0.1, 0.15) is 5.82 Å². The molecule has 0 aromatic heterocycles. The number of amides is 1. The van der Waals surface area contributed by atoms with E-state index in [1.165, 1.54) is 30.3 Å². The molecule has 1 heterocycles. The third-order valence-corrected chi connectivity index (χ3v) is 6.18. The van der Waals surface area contributed by atoms with Gasteiger partial charge in [0.15, 0.2) is 0 Å². The Kier molecular flexibility index (Phi) is 6.12. The van der Waals surface area contributed by atoms with Crippen LogP contribution in [0.25, 0.3) is 0 Å². The van der Waals surface area contributed by atoms with Crippen molar-refractivity contribution >= 4 is 21.6 Å². The highest BCUT2D eigenvalue weighted by Crippen LogP contribution is 2.28. The lowest BCUT2D eigenvalue weighted by atomic mass is 9.93. The molecule has 1 aliphatic rings. The number of halogens is 1. The van der Waals surface area contributed by atoms with Crippen molar-refractivity contribution in [2.45, 2.75) is 30.7 Å². The van der Waals surface area contributed by atoms with Crippen LogP contribution in [0.2, 0.25) is 0 Å². The first-order valence-corrected chi connectivity index (χ1v) is 10.7. The number of hydrogen-bond donors (Lipinski definition) is 2. The molecule has 8 heteroatoms. The minimum Gasteiger partial charge on any atom is -0.326 e. The molecule has 0 aliphatic carbocycles. The van der Waals surface area contributed by atoms with Gasteiger partial charge in [0.05, 0.1) is 4.90 Å². The molecule has 0 bridgehead atoms. The summed E-state index contributed by atoms with van der Waals surface area (Å²) >= 11 is 0. The van der Waals surface area contributed by atoms with E-state index in [1.54, 1.807) is 12.1 Å². The Morgan fingerprint density at radius 3 is 2.32 bits per heavy atom. The van der Waals surface area contributed by atoms with Crippen LogP contribution in [-0.2, 0) is 14.8 Å². The maximum absolute atomic E-state index is 14.0. The molecule has 1 atom stereocenters. The van der Waals surface area contributed by atoms with E-state index in [1.807, 2.05) is 13.0 Å². The van der Waals surface area contributed by atoms with Crippen molar-refractivity contribution in [3.05, 3.63) is 59.9 Å². The first kappa shape index (κ1) is 20.4. The molecule has 3 rings (SSSR count). The van der Waals surface area contributed by atoms with Crippen LogP contribution in [0.5, 0.6) is 0 Å². The van der Waals surface area contributed by atoms with E-state index in [9.17, 15) is 17.6 Å². The summed E-state index contributed by atoms with van der Waals surface area (Å²) < 4.78 is 36.6. The zero-order valence-electron chi connectivity index (χ0n) is 15.6. The second-order valence-electron chi connectivity index (χ2n) is 7.07. The number of anilines is 1. The molecular formula is C20H24FN3O3S. The molecule has 1 aliphatic heterocycles. The SMILES string of the molecule is CC(c1ccccc1F)N1CCC(C(=O)Nc2ccc(S(N)(=O)=O)cc2)CC1. The number of nitrogens with one attached hydrogen (secondary N) is 1. The maximum atomic E-state index is 14.0. The molecule has 0 saturated carbocycles. The fourth-order valence-electron chi connectivity index (χ4n) is 3.53. The number of rotatable bonds is 5. The number of piperidine rings is 1. The summed E-state index contributed by atoms with van der Waals surface area (Å²) in [5.74, 6) is -0.443. The monoisotopic (exact) mass is 405 g/mol. The first-order valence-electron chi connectivity index (χ1n) is 9.18. The number of hydrogen-bond acceptors (Lipinski definition) is 4. The number of sulfonamides is 1. The molecule has 1 amide bonds. The van der Waals surface area contributed by atoms with Crippen LogP contribution in [-0.4, -0.2) is 32.3 Å². The van der Waals surface area contributed by atoms with Crippen LogP contribution in [0, 0.1) is 11.7 Å². The number of benzene rings is 2.